The van der Waals surface area contributed by atoms with E-state index in [1.165, 1.54) is 29.2 Å². The van der Waals surface area contributed by atoms with Crippen LogP contribution in [-0.4, -0.2) is 74.2 Å². The second kappa shape index (κ2) is 18.2. The molecule has 8 nitrogen and oxygen atoms in total. The van der Waals surface area contributed by atoms with E-state index < -0.39 is 23.7 Å². The first kappa shape index (κ1) is 37.8. The van der Waals surface area contributed by atoms with E-state index in [4.69, 9.17) is 9.47 Å². The molecule has 0 saturated carbocycles. The molecule has 4 aromatic carbocycles. The predicted molar refractivity (Wildman–Crippen MR) is 193 cm³/mol. The van der Waals surface area contributed by atoms with Crippen molar-refractivity contribution in [3.8, 4) is 6.07 Å². The molecule has 270 valence electrons. The van der Waals surface area contributed by atoms with Crippen LogP contribution < -0.4 is 4.90 Å². The molecule has 1 heterocycles. The fourth-order valence-electron chi connectivity index (χ4n) is 5.87. The van der Waals surface area contributed by atoms with Crippen molar-refractivity contribution in [1.29, 1.82) is 5.26 Å². The third-order valence-electron chi connectivity index (χ3n) is 8.81. The molecule has 0 aromatic heterocycles. The van der Waals surface area contributed by atoms with Crippen LogP contribution in [0.15, 0.2) is 109 Å². The number of nitrogens with zero attached hydrogens (tertiary/aromatic N) is 4. The highest BCUT2D eigenvalue weighted by Crippen LogP contribution is 2.29. The summed E-state index contributed by atoms with van der Waals surface area (Å²) < 4.78 is 50.8. The van der Waals surface area contributed by atoms with E-state index in [1.807, 2.05) is 60.7 Å². The first-order chi connectivity index (χ1) is 25.1. The van der Waals surface area contributed by atoms with Gasteiger partial charge in [-0.2, -0.15) is 18.4 Å². The van der Waals surface area contributed by atoms with Gasteiger partial charge in [-0.25, -0.2) is 0 Å². The molecule has 0 spiro atoms. The highest BCUT2D eigenvalue weighted by Gasteiger charge is 2.32. The number of hydrogen-bond donors (Lipinski definition) is 0. The molecule has 1 atom stereocenters. The number of morpholine rings is 1. The number of carbonyl (C=O) groups excluding carboxylic acids is 2. The number of ether oxygens (including phenoxy) is 2. The number of alkyl halides is 3. The van der Waals surface area contributed by atoms with E-state index in [-0.39, 0.29) is 38.6 Å². The van der Waals surface area contributed by atoms with Gasteiger partial charge in [0.05, 0.1) is 43.6 Å². The summed E-state index contributed by atoms with van der Waals surface area (Å²) in [5.74, 6) is -0.756. The molecule has 1 unspecified atom stereocenters. The van der Waals surface area contributed by atoms with Crippen molar-refractivity contribution in [2.45, 2.75) is 31.8 Å². The summed E-state index contributed by atoms with van der Waals surface area (Å²) in [6, 6.07) is 30.1. The van der Waals surface area contributed by atoms with Crippen LogP contribution in [0.2, 0.25) is 0 Å². The number of amides is 2. The fourth-order valence-corrected chi connectivity index (χ4v) is 5.87. The summed E-state index contributed by atoms with van der Waals surface area (Å²) in [6.07, 6.45) is -1.48. The Balaban J connectivity index is 1.38. The summed E-state index contributed by atoms with van der Waals surface area (Å²) in [6.45, 7) is 3.69. The molecule has 2 amide bonds. The summed E-state index contributed by atoms with van der Waals surface area (Å²) in [5, 5.41) is 9.19. The molecule has 0 aliphatic carbocycles. The average Bonchev–Trinajstić information content (AvgIpc) is 3.17. The van der Waals surface area contributed by atoms with Gasteiger partial charge in [0, 0.05) is 51.4 Å². The van der Waals surface area contributed by atoms with Crippen LogP contribution in [0.5, 0.6) is 0 Å². The summed E-state index contributed by atoms with van der Waals surface area (Å²) in [7, 11) is 1.66. The van der Waals surface area contributed by atoms with E-state index in [1.54, 1.807) is 30.1 Å². The van der Waals surface area contributed by atoms with Gasteiger partial charge in [0.1, 0.15) is 6.04 Å². The van der Waals surface area contributed by atoms with Gasteiger partial charge in [-0.15, -0.1) is 0 Å². The van der Waals surface area contributed by atoms with Crippen LogP contribution in [0, 0.1) is 11.3 Å². The van der Waals surface area contributed by atoms with Gasteiger partial charge < -0.3 is 24.2 Å². The molecule has 11 heteroatoms. The zero-order valence-electron chi connectivity index (χ0n) is 29.0. The molecule has 5 rings (SSSR count). The third-order valence-corrected chi connectivity index (χ3v) is 8.81. The van der Waals surface area contributed by atoms with Gasteiger partial charge in [0.15, 0.2) is 0 Å². The topological polar surface area (TPSA) is 86.1 Å². The van der Waals surface area contributed by atoms with Crippen LogP contribution >= 0.6 is 0 Å². The van der Waals surface area contributed by atoms with Gasteiger partial charge >= 0.3 is 6.18 Å². The molecule has 52 heavy (non-hydrogen) atoms. The van der Waals surface area contributed by atoms with Gasteiger partial charge in [0.2, 0.25) is 11.8 Å². The van der Waals surface area contributed by atoms with Crippen molar-refractivity contribution in [3.63, 3.8) is 0 Å². The summed E-state index contributed by atoms with van der Waals surface area (Å²) in [5.41, 5.74) is 3.70. The Morgan fingerprint density at radius 2 is 1.62 bits per heavy atom. The highest BCUT2D eigenvalue weighted by atomic mass is 19.4. The van der Waals surface area contributed by atoms with E-state index in [9.17, 15) is 28.0 Å². The van der Waals surface area contributed by atoms with Gasteiger partial charge in [-0.1, -0.05) is 66.7 Å². The van der Waals surface area contributed by atoms with Crippen molar-refractivity contribution in [1.82, 2.24) is 9.80 Å². The van der Waals surface area contributed by atoms with Crippen molar-refractivity contribution >= 4 is 23.6 Å². The molecule has 0 N–H and O–H groups in total. The Bertz CT molecular complexity index is 1840. The van der Waals surface area contributed by atoms with Crippen molar-refractivity contribution in [3.05, 3.63) is 143 Å². The quantitative estimate of drug-likeness (QED) is 0.107. The highest BCUT2D eigenvalue weighted by molar-refractivity contribution is 5.95. The van der Waals surface area contributed by atoms with E-state index in [0.29, 0.717) is 24.3 Å². The van der Waals surface area contributed by atoms with Crippen LogP contribution in [0.25, 0.3) is 6.08 Å². The van der Waals surface area contributed by atoms with Gasteiger partial charge in [0.25, 0.3) is 0 Å². The van der Waals surface area contributed by atoms with E-state index in [0.717, 1.165) is 47.6 Å². The molecule has 1 saturated heterocycles. The van der Waals surface area contributed by atoms with Crippen LogP contribution in [0.1, 0.15) is 33.4 Å². The van der Waals surface area contributed by atoms with Crippen LogP contribution in [-0.2, 0) is 44.8 Å². The lowest BCUT2D eigenvalue weighted by Gasteiger charge is -2.33. The summed E-state index contributed by atoms with van der Waals surface area (Å²) in [4.78, 5) is 33.7. The molecule has 1 aliphatic rings. The maximum Gasteiger partial charge on any atom is 0.416 e. The van der Waals surface area contributed by atoms with Crippen LogP contribution in [0.3, 0.4) is 0 Å². The van der Waals surface area contributed by atoms with E-state index >= 15 is 0 Å². The molecule has 4 aromatic rings. The Labute approximate surface area is 302 Å². The zero-order chi connectivity index (χ0) is 36.9. The largest absolute Gasteiger partial charge is 0.416 e. The molecule has 1 fully saturated rings. The normalized spacial score (nSPS) is 13.8. The minimum Gasteiger partial charge on any atom is -0.378 e. The minimum absolute atomic E-state index is 0.113. The van der Waals surface area contributed by atoms with Gasteiger partial charge in [-0.3, -0.25) is 9.59 Å². The fraction of sp³-hybridized carbons (Fsp3) is 0.293. The molecule has 0 bridgehead atoms. The maximum atomic E-state index is 14.3. The van der Waals surface area contributed by atoms with E-state index in [2.05, 4.69) is 11.0 Å². The number of anilines is 1. The number of benzene rings is 4. The second-order valence-electron chi connectivity index (χ2n) is 12.5. The lowest BCUT2D eigenvalue weighted by molar-refractivity contribution is -0.143. The smallest absolute Gasteiger partial charge is 0.378 e. The van der Waals surface area contributed by atoms with Crippen LogP contribution in [0.4, 0.5) is 18.9 Å². The first-order valence-corrected chi connectivity index (χ1v) is 17.0. The minimum atomic E-state index is -4.48. The SMILES string of the molecule is CN(CCOCc1cccc(C#N)c1)C(=O)C(Cc1ccccc1)N(Cc1ccc(N2CCOCC2)cc1)C(=O)C=Cc1ccc(C(F)(F)F)cc1. The number of rotatable bonds is 14. The van der Waals surface area contributed by atoms with Crippen molar-refractivity contribution < 1.29 is 32.2 Å². The molecule has 0 radical (unpaired) electrons. The third kappa shape index (κ3) is 10.8. The summed E-state index contributed by atoms with van der Waals surface area (Å²) >= 11 is 0. The Hall–Kier alpha value is -5.44. The van der Waals surface area contributed by atoms with Gasteiger partial charge in [-0.05, 0) is 64.7 Å². The number of carbonyl (C=O) groups is 2. The number of hydrogen-bond acceptors (Lipinski definition) is 6. The number of halogens is 3. The second-order valence-corrected chi connectivity index (χ2v) is 12.5. The maximum absolute atomic E-state index is 14.3. The Kier molecular flexibility index (Phi) is 13.2. The molecular formula is C41H41F3N4O4. The number of likely N-dealkylation sites (N-methyl/N-ethyl adjacent to an activating group) is 1. The molecular weight excluding hydrogens is 669 g/mol. The molecule has 1 aliphatic heterocycles. The number of nitriles is 1. The Morgan fingerprint density at radius 1 is 0.923 bits per heavy atom. The van der Waals surface area contributed by atoms with Crippen molar-refractivity contribution in [2.24, 2.45) is 0 Å². The lowest BCUT2D eigenvalue weighted by atomic mass is 10.0. The van der Waals surface area contributed by atoms with Crippen molar-refractivity contribution in [2.75, 3.05) is 51.4 Å². The monoisotopic (exact) mass is 710 g/mol. The standard InChI is InChI=1S/C41H41F3N4O4/c1-46(20-23-52-30-35-9-5-8-34(26-35)28-45)40(50)38(27-32-6-3-2-4-7-32)48(29-33-12-17-37(18-13-33)47-21-24-51-25-22-47)39(49)19-14-31-10-15-36(16-11-31)41(42,43)44/h2-19,26,38H,20-25,27,29-30H2,1H3. The average molecular weight is 711 g/mol. The first-order valence-electron chi connectivity index (χ1n) is 17.0. The zero-order valence-corrected chi connectivity index (χ0v) is 29.0. The lowest BCUT2D eigenvalue weighted by Crippen LogP contribution is -2.51. The Morgan fingerprint density at radius 3 is 2.29 bits per heavy atom. The predicted octanol–water partition coefficient (Wildman–Crippen LogP) is 6.74.